The number of hydrazone groups is 1. The van der Waals surface area contributed by atoms with Gasteiger partial charge in [0.25, 0.3) is 5.91 Å². The molecule has 2 aromatic carbocycles. The summed E-state index contributed by atoms with van der Waals surface area (Å²) in [6, 6.07) is 6.55. The zero-order valence-corrected chi connectivity index (χ0v) is 14.5. The lowest BCUT2D eigenvalue weighted by molar-refractivity contribution is -0.386. The Labute approximate surface area is 153 Å². The summed E-state index contributed by atoms with van der Waals surface area (Å²) >= 11 is 0. The number of aromatic hydroxyl groups is 2. The van der Waals surface area contributed by atoms with E-state index in [1.54, 1.807) is 6.92 Å². The number of carbonyl (C=O) groups is 1. The van der Waals surface area contributed by atoms with Crippen LogP contribution in [-0.4, -0.2) is 41.0 Å². The number of hydrogen-bond donors (Lipinski definition) is 3. The van der Waals surface area contributed by atoms with Gasteiger partial charge in [0, 0.05) is 17.7 Å². The summed E-state index contributed by atoms with van der Waals surface area (Å²) in [5.74, 6) is -1.27. The summed E-state index contributed by atoms with van der Waals surface area (Å²) in [7, 11) is 1.42. The molecule has 0 saturated carbocycles. The standard InChI is InChI=1S/C17H17N3O7/c1-3-27-15-7-10(6-13(16(15)22)20(24)25)9-18-19-17(23)12-5-4-11(26-2)8-14(12)21/h4-9,21-22H,3H2,1-2H3,(H,19,23)/b18-9-. The molecule has 0 fully saturated rings. The fraction of sp³-hybridized carbons (Fsp3) is 0.176. The minimum atomic E-state index is -0.761. The van der Waals surface area contributed by atoms with Crippen molar-refractivity contribution in [2.75, 3.05) is 13.7 Å². The zero-order valence-electron chi connectivity index (χ0n) is 14.5. The third-order valence-corrected chi connectivity index (χ3v) is 3.40. The highest BCUT2D eigenvalue weighted by atomic mass is 16.6. The maximum Gasteiger partial charge on any atom is 0.315 e. The SMILES string of the molecule is CCOc1cc(/C=N\NC(=O)c2ccc(OC)cc2O)cc([N+](=O)[O-])c1O. The summed E-state index contributed by atoms with van der Waals surface area (Å²) in [5, 5.41) is 34.4. The molecule has 0 unspecified atom stereocenters. The van der Waals surface area contributed by atoms with Crippen LogP contribution in [0.25, 0.3) is 0 Å². The van der Waals surface area contributed by atoms with Crippen LogP contribution in [0.2, 0.25) is 0 Å². The normalized spacial score (nSPS) is 10.6. The lowest BCUT2D eigenvalue weighted by atomic mass is 10.2. The van der Waals surface area contributed by atoms with Gasteiger partial charge in [-0.1, -0.05) is 0 Å². The molecule has 27 heavy (non-hydrogen) atoms. The molecule has 142 valence electrons. The van der Waals surface area contributed by atoms with E-state index in [2.05, 4.69) is 10.5 Å². The molecule has 0 spiro atoms. The molecule has 2 rings (SSSR count). The quantitative estimate of drug-likeness (QED) is 0.382. The minimum Gasteiger partial charge on any atom is -0.507 e. The third kappa shape index (κ3) is 4.63. The van der Waals surface area contributed by atoms with Gasteiger partial charge in [-0.3, -0.25) is 14.9 Å². The monoisotopic (exact) mass is 375 g/mol. The Morgan fingerprint density at radius 2 is 2.07 bits per heavy atom. The third-order valence-electron chi connectivity index (χ3n) is 3.40. The summed E-state index contributed by atoms with van der Waals surface area (Å²) in [4.78, 5) is 22.3. The molecule has 0 bridgehead atoms. The number of amides is 1. The number of rotatable bonds is 7. The number of methoxy groups -OCH3 is 1. The highest BCUT2D eigenvalue weighted by Gasteiger charge is 2.19. The van der Waals surface area contributed by atoms with E-state index >= 15 is 0 Å². The number of ether oxygens (including phenoxy) is 2. The van der Waals surface area contributed by atoms with Crippen molar-refractivity contribution in [2.24, 2.45) is 5.10 Å². The van der Waals surface area contributed by atoms with Crippen LogP contribution in [0.5, 0.6) is 23.0 Å². The smallest absolute Gasteiger partial charge is 0.315 e. The number of nitro groups is 1. The van der Waals surface area contributed by atoms with Gasteiger partial charge in [0.05, 0.1) is 30.4 Å². The zero-order chi connectivity index (χ0) is 20.0. The fourth-order valence-corrected chi connectivity index (χ4v) is 2.15. The Bertz CT molecular complexity index is 896. The van der Waals surface area contributed by atoms with E-state index in [4.69, 9.17) is 9.47 Å². The van der Waals surface area contributed by atoms with Crippen LogP contribution < -0.4 is 14.9 Å². The van der Waals surface area contributed by atoms with E-state index in [0.717, 1.165) is 12.3 Å². The Hall–Kier alpha value is -3.82. The topological polar surface area (TPSA) is 144 Å². The van der Waals surface area contributed by atoms with Gasteiger partial charge < -0.3 is 19.7 Å². The first-order valence-electron chi connectivity index (χ1n) is 7.72. The van der Waals surface area contributed by atoms with Gasteiger partial charge >= 0.3 is 5.69 Å². The molecule has 0 saturated heterocycles. The van der Waals surface area contributed by atoms with E-state index in [1.807, 2.05) is 0 Å². The van der Waals surface area contributed by atoms with Gasteiger partial charge in [-0.25, -0.2) is 5.43 Å². The van der Waals surface area contributed by atoms with Gasteiger partial charge in [0.1, 0.15) is 11.5 Å². The first-order valence-corrected chi connectivity index (χ1v) is 7.72. The number of benzene rings is 2. The van der Waals surface area contributed by atoms with Crippen molar-refractivity contribution in [3.8, 4) is 23.0 Å². The summed E-state index contributed by atoms with van der Waals surface area (Å²) in [5.41, 5.74) is 1.84. The van der Waals surface area contributed by atoms with E-state index in [9.17, 15) is 25.1 Å². The molecular formula is C17H17N3O7. The molecule has 0 aromatic heterocycles. The van der Waals surface area contributed by atoms with E-state index < -0.39 is 22.3 Å². The minimum absolute atomic E-state index is 0.0281. The summed E-state index contributed by atoms with van der Waals surface area (Å²) in [6.07, 6.45) is 1.15. The lowest BCUT2D eigenvalue weighted by Crippen LogP contribution is -2.17. The van der Waals surface area contributed by atoms with Crippen LogP contribution in [-0.2, 0) is 0 Å². The molecule has 3 N–H and O–H groups in total. The van der Waals surface area contributed by atoms with E-state index in [1.165, 1.54) is 31.4 Å². The van der Waals surface area contributed by atoms with E-state index in [0.29, 0.717) is 5.75 Å². The molecule has 0 aliphatic heterocycles. The van der Waals surface area contributed by atoms with Crippen LogP contribution in [0.1, 0.15) is 22.8 Å². The van der Waals surface area contributed by atoms with Crippen molar-refractivity contribution in [2.45, 2.75) is 6.92 Å². The van der Waals surface area contributed by atoms with Crippen molar-refractivity contribution in [3.63, 3.8) is 0 Å². The van der Waals surface area contributed by atoms with Gasteiger partial charge in [0.2, 0.25) is 5.75 Å². The molecule has 1 amide bonds. The van der Waals surface area contributed by atoms with Crippen molar-refractivity contribution >= 4 is 17.8 Å². The van der Waals surface area contributed by atoms with Gasteiger partial charge in [-0.15, -0.1) is 0 Å². The Balaban J connectivity index is 2.20. The Morgan fingerprint density at radius 3 is 2.67 bits per heavy atom. The number of nitrogens with one attached hydrogen (secondary N) is 1. The van der Waals surface area contributed by atoms with Crippen molar-refractivity contribution in [3.05, 3.63) is 51.6 Å². The fourth-order valence-electron chi connectivity index (χ4n) is 2.15. The molecule has 0 atom stereocenters. The molecular weight excluding hydrogens is 358 g/mol. The predicted octanol–water partition coefficient (Wildman–Crippen LogP) is 2.18. The number of carbonyl (C=O) groups excluding carboxylic acids is 1. The molecule has 0 heterocycles. The molecule has 10 heteroatoms. The van der Waals surface area contributed by atoms with E-state index in [-0.39, 0.29) is 29.2 Å². The highest BCUT2D eigenvalue weighted by Crippen LogP contribution is 2.36. The Morgan fingerprint density at radius 1 is 1.33 bits per heavy atom. The van der Waals surface area contributed by atoms with Crippen LogP contribution in [0.4, 0.5) is 5.69 Å². The van der Waals surface area contributed by atoms with Crippen LogP contribution >= 0.6 is 0 Å². The Kier molecular flexibility index (Phi) is 6.15. The first kappa shape index (κ1) is 19.5. The predicted molar refractivity (Wildman–Crippen MR) is 95.6 cm³/mol. The lowest BCUT2D eigenvalue weighted by Gasteiger charge is -2.07. The maximum atomic E-state index is 12.1. The maximum absolute atomic E-state index is 12.1. The van der Waals surface area contributed by atoms with Gasteiger partial charge in [-0.2, -0.15) is 5.10 Å². The van der Waals surface area contributed by atoms with Crippen molar-refractivity contribution in [1.29, 1.82) is 0 Å². The van der Waals surface area contributed by atoms with Crippen molar-refractivity contribution in [1.82, 2.24) is 5.43 Å². The number of phenolic OH excluding ortho intramolecular Hbond substituents is 2. The summed E-state index contributed by atoms with van der Waals surface area (Å²) in [6.45, 7) is 1.85. The van der Waals surface area contributed by atoms with Gasteiger partial charge in [-0.05, 0) is 25.1 Å². The first-order chi connectivity index (χ1) is 12.9. The van der Waals surface area contributed by atoms with Crippen molar-refractivity contribution < 1.29 is 29.4 Å². The van der Waals surface area contributed by atoms with Crippen LogP contribution in [0.3, 0.4) is 0 Å². The second-order valence-corrected chi connectivity index (χ2v) is 5.16. The molecule has 0 radical (unpaired) electrons. The molecule has 0 aliphatic rings. The van der Waals surface area contributed by atoms with Gasteiger partial charge in [0.15, 0.2) is 5.75 Å². The highest BCUT2D eigenvalue weighted by molar-refractivity contribution is 5.97. The number of hydrogen-bond acceptors (Lipinski definition) is 8. The number of phenols is 2. The van der Waals surface area contributed by atoms with Crippen LogP contribution in [0.15, 0.2) is 35.4 Å². The average molecular weight is 375 g/mol. The number of nitrogens with zero attached hydrogens (tertiary/aromatic N) is 2. The van der Waals surface area contributed by atoms with Crippen LogP contribution in [0, 0.1) is 10.1 Å². The molecule has 0 aliphatic carbocycles. The largest absolute Gasteiger partial charge is 0.507 e. The second kappa shape index (κ2) is 8.52. The molecule has 2 aromatic rings. The second-order valence-electron chi connectivity index (χ2n) is 5.16. The molecule has 10 nitrogen and oxygen atoms in total. The summed E-state index contributed by atoms with van der Waals surface area (Å²) < 4.78 is 10.1. The average Bonchev–Trinajstić information content (AvgIpc) is 2.63. The number of nitro benzene ring substituents is 1.